The molecule has 1 aromatic carbocycles. The summed E-state index contributed by atoms with van der Waals surface area (Å²) in [5.74, 6) is 1.34. The fourth-order valence-corrected chi connectivity index (χ4v) is 1.99. The predicted molar refractivity (Wildman–Crippen MR) is 74.9 cm³/mol. The third kappa shape index (κ3) is 2.60. The number of aromatic amines is 1. The highest BCUT2D eigenvalue weighted by atomic mass is 15.3. The van der Waals surface area contributed by atoms with Crippen molar-refractivity contribution in [3.05, 3.63) is 65.5 Å². The van der Waals surface area contributed by atoms with Gasteiger partial charge in [0, 0.05) is 12.4 Å². The average molecular weight is 268 g/mol. The van der Waals surface area contributed by atoms with E-state index in [-0.39, 0.29) is 6.04 Å². The Bertz CT molecular complexity index is 668. The van der Waals surface area contributed by atoms with Crippen molar-refractivity contribution in [1.29, 1.82) is 0 Å². The summed E-state index contributed by atoms with van der Waals surface area (Å²) in [6, 6.07) is 9.62. The number of nitrogens with one attached hydrogen (secondary N) is 1. The van der Waals surface area contributed by atoms with Crippen molar-refractivity contribution in [1.82, 2.24) is 25.0 Å². The summed E-state index contributed by atoms with van der Waals surface area (Å²) in [6.07, 6.45) is 3.61. The van der Waals surface area contributed by atoms with Gasteiger partial charge in [-0.15, -0.1) is 0 Å². The van der Waals surface area contributed by atoms with E-state index in [0.29, 0.717) is 12.4 Å². The molecular formula is C14H16N6. The zero-order valence-corrected chi connectivity index (χ0v) is 11.2. The van der Waals surface area contributed by atoms with Crippen LogP contribution in [0.15, 0.2) is 42.7 Å². The Kier molecular flexibility index (Phi) is 3.30. The van der Waals surface area contributed by atoms with Crippen molar-refractivity contribution >= 4 is 0 Å². The highest BCUT2D eigenvalue weighted by Gasteiger charge is 2.14. The molecule has 102 valence electrons. The van der Waals surface area contributed by atoms with E-state index in [1.165, 1.54) is 5.56 Å². The Hall–Kier alpha value is -2.47. The lowest BCUT2D eigenvalue weighted by Crippen LogP contribution is -2.13. The van der Waals surface area contributed by atoms with Crippen LogP contribution >= 0.6 is 0 Å². The van der Waals surface area contributed by atoms with Gasteiger partial charge in [-0.05, 0) is 18.6 Å². The van der Waals surface area contributed by atoms with Crippen LogP contribution in [0.2, 0.25) is 0 Å². The molecule has 1 atom stereocenters. The first-order valence-corrected chi connectivity index (χ1v) is 6.43. The van der Waals surface area contributed by atoms with Gasteiger partial charge in [0.1, 0.15) is 12.4 Å². The number of aryl methyl sites for hydroxylation is 1. The number of aromatic nitrogens is 5. The van der Waals surface area contributed by atoms with Crippen molar-refractivity contribution in [2.45, 2.75) is 19.5 Å². The number of hydrogen-bond acceptors (Lipinski definition) is 4. The second-order valence-corrected chi connectivity index (χ2v) is 4.73. The quantitative estimate of drug-likeness (QED) is 0.749. The van der Waals surface area contributed by atoms with Gasteiger partial charge in [-0.2, -0.15) is 10.2 Å². The van der Waals surface area contributed by atoms with E-state index in [2.05, 4.69) is 20.3 Å². The molecule has 2 heterocycles. The molecule has 0 aliphatic rings. The van der Waals surface area contributed by atoms with E-state index in [4.69, 9.17) is 5.73 Å². The van der Waals surface area contributed by atoms with Gasteiger partial charge >= 0.3 is 0 Å². The maximum absolute atomic E-state index is 6.19. The van der Waals surface area contributed by atoms with Gasteiger partial charge in [0.15, 0.2) is 5.82 Å². The molecule has 0 amide bonds. The first kappa shape index (κ1) is 12.6. The molecule has 0 aliphatic heterocycles. The van der Waals surface area contributed by atoms with Crippen molar-refractivity contribution < 1.29 is 0 Å². The van der Waals surface area contributed by atoms with E-state index in [1.54, 1.807) is 10.9 Å². The molecule has 0 fully saturated rings. The maximum atomic E-state index is 6.19. The van der Waals surface area contributed by atoms with Gasteiger partial charge in [-0.3, -0.25) is 9.78 Å². The number of H-pyrrole nitrogens is 1. The molecule has 6 nitrogen and oxygen atoms in total. The molecular weight excluding hydrogens is 252 g/mol. The van der Waals surface area contributed by atoms with Crippen molar-refractivity contribution in [3.63, 3.8) is 0 Å². The van der Waals surface area contributed by atoms with Gasteiger partial charge in [0.25, 0.3) is 0 Å². The third-order valence-electron chi connectivity index (χ3n) is 3.13. The summed E-state index contributed by atoms with van der Waals surface area (Å²) in [6.45, 7) is 2.60. The highest BCUT2D eigenvalue weighted by Crippen LogP contribution is 2.16. The Balaban J connectivity index is 1.77. The first-order chi connectivity index (χ1) is 9.72. The predicted octanol–water partition coefficient (Wildman–Crippen LogP) is 1.41. The lowest BCUT2D eigenvalue weighted by Gasteiger charge is -2.07. The normalized spacial score (nSPS) is 12.5. The zero-order chi connectivity index (χ0) is 13.9. The molecule has 3 rings (SSSR count). The monoisotopic (exact) mass is 268 g/mol. The van der Waals surface area contributed by atoms with Gasteiger partial charge < -0.3 is 5.73 Å². The van der Waals surface area contributed by atoms with Crippen LogP contribution in [-0.2, 0) is 6.54 Å². The van der Waals surface area contributed by atoms with Crippen molar-refractivity contribution in [3.8, 4) is 0 Å². The standard InChI is InChI=1S/C14H16N6/c1-10-3-5-11(6-4-10)13(15)14-17-12(18-19-14)9-20-8-2-7-16-20/h2-8,13H,9,15H2,1H3,(H,17,18,19). The lowest BCUT2D eigenvalue weighted by molar-refractivity contribution is 0.656. The van der Waals surface area contributed by atoms with E-state index in [0.717, 1.165) is 11.4 Å². The third-order valence-corrected chi connectivity index (χ3v) is 3.13. The van der Waals surface area contributed by atoms with Crippen LogP contribution in [0.5, 0.6) is 0 Å². The summed E-state index contributed by atoms with van der Waals surface area (Å²) in [4.78, 5) is 4.43. The smallest absolute Gasteiger partial charge is 0.171 e. The molecule has 6 heteroatoms. The zero-order valence-electron chi connectivity index (χ0n) is 11.2. The number of hydrogen-bond donors (Lipinski definition) is 2. The number of nitrogens with zero attached hydrogens (tertiary/aromatic N) is 4. The second-order valence-electron chi connectivity index (χ2n) is 4.73. The Morgan fingerprint density at radius 2 is 2.10 bits per heavy atom. The molecule has 20 heavy (non-hydrogen) atoms. The fourth-order valence-electron chi connectivity index (χ4n) is 1.99. The van der Waals surface area contributed by atoms with Crippen LogP contribution in [0.25, 0.3) is 0 Å². The topological polar surface area (TPSA) is 85.4 Å². The minimum Gasteiger partial charge on any atom is -0.318 e. The molecule has 0 aliphatic carbocycles. The van der Waals surface area contributed by atoms with E-state index in [9.17, 15) is 0 Å². The summed E-state index contributed by atoms with van der Waals surface area (Å²) in [5, 5.41) is 11.2. The number of rotatable bonds is 4. The van der Waals surface area contributed by atoms with Crippen LogP contribution in [0.3, 0.4) is 0 Å². The van der Waals surface area contributed by atoms with Gasteiger partial charge in [0.05, 0.1) is 6.04 Å². The number of benzene rings is 1. The molecule has 0 radical (unpaired) electrons. The molecule has 3 N–H and O–H groups in total. The van der Waals surface area contributed by atoms with E-state index >= 15 is 0 Å². The van der Waals surface area contributed by atoms with Crippen LogP contribution < -0.4 is 5.73 Å². The molecule has 0 bridgehead atoms. The van der Waals surface area contributed by atoms with Crippen LogP contribution in [-0.4, -0.2) is 25.0 Å². The largest absolute Gasteiger partial charge is 0.318 e. The molecule has 0 spiro atoms. The maximum Gasteiger partial charge on any atom is 0.171 e. The Morgan fingerprint density at radius 1 is 1.30 bits per heavy atom. The molecule has 0 saturated carbocycles. The fraction of sp³-hybridized carbons (Fsp3) is 0.214. The Labute approximate surface area is 116 Å². The van der Waals surface area contributed by atoms with Gasteiger partial charge in [-0.25, -0.2) is 4.98 Å². The molecule has 3 aromatic rings. The van der Waals surface area contributed by atoms with Crippen molar-refractivity contribution in [2.24, 2.45) is 5.73 Å². The molecule has 0 saturated heterocycles. The van der Waals surface area contributed by atoms with Gasteiger partial charge in [-0.1, -0.05) is 29.8 Å². The van der Waals surface area contributed by atoms with Crippen LogP contribution in [0, 0.1) is 6.92 Å². The summed E-state index contributed by atoms with van der Waals surface area (Å²) in [5.41, 5.74) is 8.39. The highest BCUT2D eigenvalue weighted by molar-refractivity contribution is 5.27. The first-order valence-electron chi connectivity index (χ1n) is 6.43. The minimum atomic E-state index is -0.321. The summed E-state index contributed by atoms with van der Waals surface area (Å²) in [7, 11) is 0. The summed E-state index contributed by atoms with van der Waals surface area (Å²) < 4.78 is 1.78. The minimum absolute atomic E-state index is 0.321. The summed E-state index contributed by atoms with van der Waals surface area (Å²) >= 11 is 0. The average Bonchev–Trinajstić information content (AvgIpc) is 3.11. The van der Waals surface area contributed by atoms with E-state index < -0.39 is 0 Å². The molecule has 1 unspecified atom stereocenters. The van der Waals surface area contributed by atoms with E-state index in [1.807, 2.05) is 43.5 Å². The van der Waals surface area contributed by atoms with Crippen molar-refractivity contribution in [2.75, 3.05) is 0 Å². The Morgan fingerprint density at radius 3 is 2.80 bits per heavy atom. The SMILES string of the molecule is Cc1ccc(C(N)c2n[nH]c(Cn3cccn3)n2)cc1. The van der Waals surface area contributed by atoms with Crippen LogP contribution in [0.4, 0.5) is 0 Å². The second kappa shape index (κ2) is 5.26. The number of nitrogens with two attached hydrogens (primary N) is 1. The molecule has 2 aromatic heterocycles. The van der Waals surface area contributed by atoms with Crippen LogP contribution in [0.1, 0.15) is 28.8 Å². The van der Waals surface area contributed by atoms with Gasteiger partial charge in [0.2, 0.25) is 0 Å². The lowest BCUT2D eigenvalue weighted by atomic mass is 10.1.